The first kappa shape index (κ1) is 18.0. The highest BCUT2D eigenvalue weighted by atomic mass is 35.6. The topological polar surface area (TPSA) is 66.0 Å². The highest BCUT2D eigenvalue weighted by molar-refractivity contribution is 6.66. The molecule has 0 aliphatic heterocycles. The standard InChI is InChI=1S/C19H14Cl3N5/c1-11-14(12-6-2-4-8-15(12)24-11)10-23-27-17-13-7-3-5-9-16(13)25-18(26-17)19(20,21)22/h2-10,24H,1H3,(H,25,26,27)/b23-10+. The number of anilines is 1. The predicted molar refractivity (Wildman–Crippen MR) is 113 cm³/mol. The van der Waals surface area contributed by atoms with Crippen molar-refractivity contribution in [3.8, 4) is 0 Å². The number of H-pyrrole nitrogens is 1. The molecule has 4 aromatic rings. The number of nitrogens with one attached hydrogen (secondary N) is 2. The van der Waals surface area contributed by atoms with Crippen molar-refractivity contribution in [3.05, 3.63) is 65.6 Å². The monoisotopic (exact) mass is 417 g/mol. The van der Waals surface area contributed by atoms with Crippen molar-refractivity contribution in [1.29, 1.82) is 0 Å². The molecule has 5 nitrogen and oxygen atoms in total. The lowest BCUT2D eigenvalue weighted by Crippen LogP contribution is -2.09. The first-order chi connectivity index (χ1) is 12.9. The number of aromatic nitrogens is 3. The fraction of sp³-hybridized carbons (Fsp3) is 0.105. The van der Waals surface area contributed by atoms with Crippen LogP contribution in [-0.4, -0.2) is 21.2 Å². The van der Waals surface area contributed by atoms with Crippen LogP contribution in [0.25, 0.3) is 21.8 Å². The van der Waals surface area contributed by atoms with Crippen LogP contribution in [-0.2, 0) is 3.79 Å². The van der Waals surface area contributed by atoms with Crippen LogP contribution in [0.15, 0.2) is 53.6 Å². The van der Waals surface area contributed by atoms with Crippen molar-refractivity contribution in [2.45, 2.75) is 10.7 Å². The van der Waals surface area contributed by atoms with E-state index in [4.69, 9.17) is 34.8 Å². The molecule has 0 unspecified atom stereocenters. The number of aromatic amines is 1. The molecule has 2 heterocycles. The lowest BCUT2D eigenvalue weighted by atomic mass is 10.1. The Bertz CT molecular complexity index is 1160. The van der Waals surface area contributed by atoms with Gasteiger partial charge in [0.05, 0.1) is 11.7 Å². The summed E-state index contributed by atoms with van der Waals surface area (Å²) in [5.74, 6) is 0.558. The Morgan fingerprint density at radius 3 is 2.48 bits per heavy atom. The predicted octanol–water partition coefficient (Wildman–Crippen LogP) is 5.69. The number of fused-ring (bicyclic) bond motifs is 2. The molecular formula is C19H14Cl3N5. The molecule has 2 N–H and O–H groups in total. The normalized spacial score (nSPS) is 12.3. The van der Waals surface area contributed by atoms with Gasteiger partial charge in [-0.25, -0.2) is 9.97 Å². The van der Waals surface area contributed by atoms with E-state index < -0.39 is 3.79 Å². The lowest BCUT2D eigenvalue weighted by molar-refractivity contribution is 0.992. The van der Waals surface area contributed by atoms with Gasteiger partial charge in [0.1, 0.15) is 0 Å². The number of rotatable bonds is 3. The van der Waals surface area contributed by atoms with Crippen LogP contribution < -0.4 is 5.43 Å². The summed E-state index contributed by atoms with van der Waals surface area (Å²) in [6, 6.07) is 15.5. The van der Waals surface area contributed by atoms with Crippen LogP contribution in [0.5, 0.6) is 0 Å². The molecule has 0 spiro atoms. The van der Waals surface area contributed by atoms with Crippen molar-refractivity contribution >= 4 is 68.6 Å². The number of hydrogen-bond acceptors (Lipinski definition) is 4. The molecule has 0 fully saturated rings. The van der Waals surface area contributed by atoms with Crippen molar-refractivity contribution in [1.82, 2.24) is 15.0 Å². The minimum Gasteiger partial charge on any atom is -0.358 e. The zero-order chi connectivity index (χ0) is 19.0. The maximum Gasteiger partial charge on any atom is 0.250 e. The zero-order valence-corrected chi connectivity index (χ0v) is 16.4. The molecule has 0 aliphatic rings. The van der Waals surface area contributed by atoms with Crippen LogP contribution in [0.1, 0.15) is 17.1 Å². The van der Waals surface area contributed by atoms with Crippen LogP contribution >= 0.6 is 34.8 Å². The minimum atomic E-state index is -1.72. The van der Waals surface area contributed by atoms with Crippen LogP contribution in [0.3, 0.4) is 0 Å². The first-order valence-electron chi connectivity index (χ1n) is 8.14. The number of hydrogen-bond donors (Lipinski definition) is 2. The molecule has 0 atom stereocenters. The van der Waals surface area contributed by atoms with E-state index in [1.807, 2.05) is 55.5 Å². The van der Waals surface area contributed by atoms with Gasteiger partial charge in [0.15, 0.2) is 11.6 Å². The zero-order valence-electron chi connectivity index (χ0n) is 14.2. The largest absolute Gasteiger partial charge is 0.358 e. The van der Waals surface area contributed by atoms with Gasteiger partial charge >= 0.3 is 0 Å². The number of halogens is 3. The quantitative estimate of drug-likeness (QED) is 0.255. The summed E-state index contributed by atoms with van der Waals surface area (Å²) < 4.78 is -1.72. The molecule has 8 heteroatoms. The summed E-state index contributed by atoms with van der Waals surface area (Å²) in [4.78, 5) is 12.0. The Hall–Kier alpha value is -2.34. The van der Waals surface area contributed by atoms with Crippen LogP contribution in [0.4, 0.5) is 5.82 Å². The summed E-state index contributed by atoms with van der Waals surface area (Å²) in [6.07, 6.45) is 1.75. The van der Waals surface area contributed by atoms with Crippen LogP contribution in [0, 0.1) is 6.92 Å². The van der Waals surface area contributed by atoms with Gasteiger partial charge in [-0.3, -0.25) is 5.43 Å². The Labute approximate surface area is 170 Å². The summed E-state index contributed by atoms with van der Waals surface area (Å²) in [7, 11) is 0. The number of aryl methyl sites for hydroxylation is 1. The van der Waals surface area contributed by atoms with Gasteiger partial charge in [0, 0.05) is 27.5 Å². The number of para-hydroxylation sites is 2. The minimum absolute atomic E-state index is 0.0900. The average molecular weight is 419 g/mol. The van der Waals surface area contributed by atoms with E-state index in [2.05, 4.69) is 25.5 Å². The van der Waals surface area contributed by atoms with E-state index in [0.29, 0.717) is 11.3 Å². The number of alkyl halides is 3. The van der Waals surface area contributed by atoms with E-state index in [1.165, 1.54) is 0 Å². The van der Waals surface area contributed by atoms with Gasteiger partial charge in [-0.15, -0.1) is 0 Å². The van der Waals surface area contributed by atoms with Crippen molar-refractivity contribution in [2.75, 3.05) is 5.43 Å². The van der Waals surface area contributed by atoms with E-state index >= 15 is 0 Å². The fourth-order valence-corrected chi connectivity index (χ4v) is 3.16. The second-order valence-electron chi connectivity index (χ2n) is 5.99. The van der Waals surface area contributed by atoms with Gasteiger partial charge < -0.3 is 4.98 Å². The number of nitrogens with zero attached hydrogens (tertiary/aromatic N) is 3. The smallest absolute Gasteiger partial charge is 0.250 e. The van der Waals surface area contributed by atoms with Crippen molar-refractivity contribution < 1.29 is 0 Å². The number of benzene rings is 2. The lowest BCUT2D eigenvalue weighted by Gasteiger charge is -2.12. The van der Waals surface area contributed by atoms with E-state index in [-0.39, 0.29) is 5.82 Å². The van der Waals surface area contributed by atoms with Crippen molar-refractivity contribution in [3.63, 3.8) is 0 Å². The molecular weight excluding hydrogens is 405 g/mol. The third-order valence-electron chi connectivity index (χ3n) is 4.16. The Kier molecular flexibility index (Phi) is 4.68. The maximum atomic E-state index is 5.97. The van der Waals surface area contributed by atoms with Gasteiger partial charge in [-0.1, -0.05) is 65.1 Å². The van der Waals surface area contributed by atoms with Crippen LogP contribution in [0.2, 0.25) is 0 Å². The second kappa shape index (κ2) is 7.00. The molecule has 2 aromatic heterocycles. The highest BCUT2D eigenvalue weighted by Gasteiger charge is 2.28. The number of hydrazone groups is 1. The van der Waals surface area contributed by atoms with E-state index in [1.54, 1.807) is 6.21 Å². The Morgan fingerprint density at radius 1 is 1.00 bits per heavy atom. The maximum absolute atomic E-state index is 5.97. The average Bonchev–Trinajstić information content (AvgIpc) is 2.96. The van der Waals surface area contributed by atoms with E-state index in [0.717, 1.165) is 27.5 Å². The molecule has 4 rings (SSSR count). The SMILES string of the molecule is Cc1[nH]c2ccccc2c1/C=N/Nc1nc(C(Cl)(Cl)Cl)nc2ccccc12. The van der Waals surface area contributed by atoms with Crippen molar-refractivity contribution in [2.24, 2.45) is 5.10 Å². The van der Waals surface area contributed by atoms with Gasteiger partial charge in [-0.05, 0) is 25.1 Å². The summed E-state index contributed by atoms with van der Waals surface area (Å²) in [5.41, 5.74) is 6.70. The Balaban J connectivity index is 1.73. The molecule has 0 amide bonds. The molecule has 0 saturated carbocycles. The molecule has 0 aliphatic carbocycles. The first-order valence-corrected chi connectivity index (χ1v) is 9.27. The molecule has 2 aromatic carbocycles. The van der Waals surface area contributed by atoms with Gasteiger partial charge in [-0.2, -0.15) is 5.10 Å². The molecule has 0 bridgehead atoms. The van der Waals surface area contributed by atoms with E-state index in [9.17, 15) is 0 Å². The summed E-state index contributed by atoms with van der Waals surface area (Å²) in [6.45, 7) is 2.00. The summed E-state index contributed by atoms with van der Waals surface area (Å²) >= 11 is 17.9. The summed E-state index contributed by atoms with van der Waals surface area (Å²) in [5, 5.41) is 6.23. The van der Waals surface area contributed by atoms with Gasteiger partial charge in [0.2, 0.25) is 3.79 Å². The third-order valence-corrected chi connectivity index (χ3v) is 4.67. The van der Waals surface area contributed by atoms with Gasteiger partial charge in [0.25, 0.3) is 0 Å². The Morgan fingerprint density at radius 2 is 1.70 bits per heavy atom. The molecule has 27 heavy (non-hydrogen) atoms. The molecule has 0 saturated heterocycles. The fourth-order valence-electron chi connectivity index (χ4n) is 2.91. The molecule has 136 valence electrons. The third kappa shape index (κ3) is 3.58. The molecule has 0 radical (unpaired) electrons. The highest BCUT2D eigenvalue weighted by Crippen LogP contribution is 2.37. The second-order valence-corrected chi connectivity index (χ2v) is 8.27.